The molecular formula is C15H14BrF2NO2. The molecule has 0 aliphatic heterocycles. The van der Waals surface area contributed by atoms with Crippen LogP contribution in [0.2, 0.25) is 0 Å². The number of hydrogen-bond donors (Lipinski definition) is 1. The van der Waals surface area contributed by atoms with Crippen LogP contribution in [-0.2, 0) is 0 Å². The van der Waals surface area contributed by atoms with E-state index >= 15 is 0 Å². The second-order valence-corrected chi connectivity index (χ2v) is 5.20. The lowest BCUT2D eigenvalue weighted by Gasteiger charge is -2.19. The maximum absolute atomic E-state index is 12.5. The minimum Gasteiger partial charge on any atom is -0.496 e. The summed E-state index contributed by atoms with van der Waals surface area (Å²) in [5, 5.41) is 0. The lowest BCUT2D eigenvalue weighted by atomic mass is 9.98. The molecule has 2 rings (SSSR count). The zero-order valence-electron chi connectivity index (χ0n) is 11.2. The Bertz CT molecular complexity index is 622. The number of hydrogen-bond acceptors (Lipinski definition) is 3. The first-order valence-electron chi connectivity index (χ1n) is 6.15. The van der Waals surface area contributed by atoms with E-state index in [9.17, 15) is 8.78 Å². The van der Waals surface area contributed by atoms with Crippen LogP contribution in [0.4, 0.5) is 8.78 Å². The number of ether oxygens (including phenoxy) is 2. The van der Waals surface area contributed by atoms with Crippen LogP contribution in [0.5, 0.6) is 11.5 Å². The van der Waals surface area contributed by atoms with Crippen LogP contribution in [0, 0.1) is 0 Å². The van der Waals surface area contributed by atoms with Crippen LogP contribution in [0.1, 0.15) is 17.2 Å². The molecule has 2 N–H and O–H groups in total. The highest BCUT2D eigenvalue weighted by atomic mass is 79.9. The van der Waals surface area contributed by atoms with Gasteiger partial charge >= 0.3 is 6.61 Å². The third kappa shape index (κ3) is 3.71. The Labute approximate surface area is 129 Å². The van der Waals surface area contributed by atoms with Gasteiger partial charge in [0.15, 0.2) is 0 Å². The molecule has 0 aliphatic carbocycles. The van der Waals surface area contributed by atoms with Crippen LogP contribution in [0.3, 0.4) is 0 Å². The fourth-order valence-corrected chi connectivity index (χ4v) is 2.44. The van der Waals surface area contributed by atoms with Crippen molar-refractivity contribution in [3.05, 3.63) is 58.1 Å². The van der Waals surface area contributed by atoms with E-state index in [-0.39, 0.29) is 5.75 Å². The second-order valence-electron chi connectivity index (χ2n) is 4.28. The summed E-state index contributed by atoms with van der Waals surface area (Å²) < 4.78 is 35.6. The molecule has 0 fully saturated rings. The largest absolute Gasteiger partial charge is 0.496 e. The first-order valence-corrected chi connectivity index (χ1v) is 6.95. The number of rotatable bonds is 5. The van der Waals surface area contributed by atoms with Crippen LogP contribution >= 0.6 is 15.9 Å². The Kier molecular flexibility index (Phi) is 5.14. The van der Waals surface area contributed by atoms with E-state index in [0.29, 0.717) is 16.9 Å². The predicted octanol–water partition coefficient (Wildman–Crippen LogP) is 4.11. The minimum absolute atomic E-state index is 0.0574. The van der Waals surface area contributed by atoms with Crippen molar-refractivity contribution in [3.8, 4) is 11.5 Å². The van der Waals surface area contributed by atoms with Crippen LogP contribution in [-0.4, -0.2) is 13.7 Å². The molecule has 0 aliphatic rings. The molecule has 0 bridgehead atoms. The molecule has 112 valence electrons. The molecule has 1 unspecified atom stereocenters. The average molecular weight is 358 g/mol. The number of benzene rings is 2. The van der Waals surface area contributed by atoms with E-state index in [0.717, 1.165) is 4.47 Å². The molecule has 0 spiro atoms. The molecule has 0 saturated carbocycles. The number of alkyl halides is 2. The van der Waals surface area contributed by atoms with Gasteiger partial charge in [-0.2, -0.15) is 8.78 Å². The van der Waals surface area contributed by atoms with E-state index in [2.05, 4.69) is 20.7 Å². The summed E-state index contributed by atoms with van der Waals surface area (Å²) in [6.45, 7) is -2.90. The van der Waals surface area contributed by atoms with Gasteiger partial charge in [0.2, 0.25) is 0 Å². The normalized spacial score (nSPS) is 12.3. The molecule has 21 heavy (non-hydrogen) atoms. The molecule has 6 heteroatoms. The Morgan fingerprint density at radius 1 is 1.05 bits per heavy atom. The van der Waals surface area contributed by atoms with Crippen molar-refractivity contribution in [2.45, 2.75) is 12.7 Å². The maximum atomic E-state index is 12.5. The fraction of sp³-hybridized carbons (Fsp3) is 0.200. The Morgan fingerprint density at radius 2 is 1.76 bits per heavy atom. The van der Waals surface area contributed by atoms with E-state index in [1.165, 1.54) is 13.2 Å². The van der Waals surface area contributed by atoms with Crippen molar-refractivity contribution in [1.29, 1.82) is 0 Å². The van der Waals surface area contributed by atoms with E-state index in [1.807, 2.05) is 6.07 Å². The van der Waals surface area contributed by atoms with Gasteiger partial charge in [-0.15, -0.1) is 0 Å². The Balaban J connectivity index is 2.45. The standard InChI is InChI=1S/C15H14BrF2NO2/c1-20-12-7-6-9(16)8-11(12)14(19)10-4-2-3-5-13(10)21-15(17)18/h2-8,14-15H,19H2,1H3. The highest BCUT2D eigenvalue weighted by Crippen LogP contribution is 2.35. The van der Waals surface area contributed by atoms with Gasteiger partial charge in [0.25, 0.3) is 0 Å². The number of halogens is 3. The van der Waals surface area contributed by atoms with Crippen molar-refractivity contribution in [1.82, 2.24) is 0 Å². The summed E-state index contributed by atoms with van der Waals surface area (Å²) in [6, 6.07) is 11.2. The first-order chi connectivity index (χ1) is 10.0. The lowest BCUT2D eigenvalue weighted by molar-refractivity contribution is -0.0505. The predicted molar refractivity (Wildman–Crippen MR) is 79.8 cm³/mol. The highest BCUT2D eigenvalue weighted by molar-refractivity contribution is 9.10. The zero-order chi connectivity index (χ0) is 15.4. The summed E-state index contributed by atoms with van der Waals surface area (Å²) in [5.41, 5.74) is 7.36. The van der Waals surface area contributed by atoms with Crippen LogP contribution in [0.25, 0.3) is 0 Å². The monoisotopic (exact) mass is 357 g/mol. The molecule has 1 atom stereocenters. The molecule has 0 heterocycles. The highest BCUT2D eigenvalue weighted by Gasteiger charge is 2.19. The first kappa shape index (κ1) is 15.7. The van der Waals surface area contributed by atoms with Gasteiger partial charge < -0.3 is 15.2 Å². The molecular weight excluding hydrogens is 344 g/mol. The quantitative estimate of drug-likeness (QED) is 0.875. The number of para-hydroxylation sites is 1. The van der Waals surface area contributed by atoms with E-state index < -0.39 is 12.7 Å². The van der Waals surface area contributed by atoms with E-state index in [4.69, 9.17) is 10.5 Å². The molecule has 2 aromatic carbocycles. The van der Waals surface area contributed by atoms with Gasteiger partial charge in [-0.05, 0) is 24.3 Å². The van der Waals surface area contributed by atoms with Crippen molar-refractivity contribution < 1.29 is 18.3 Å². The maximum Gasteiger partial charge on any atom is 0.387 e. The second kappa shape index (κ2) is 6.87. The average Bonchev–Trinajstić information content (AvgIpc) is 2.46. The van der Waals surface area contributed by atoms with Gasteiger partial charge in [-0.25, -0.2) is 0 Å². The van der Waals surface area contributed by atoms with Gasteiger partial charge in [0.05, 0.1) is 13.2 Å². The van der Waals surface area contributed by atoms with E-state index in [1.54, 1.807) is 30.3 Å². The fourth-order valence-electron chi connectivity index (χ4n) is 2.06. The third-order valence-electron chi connectivity index (χ3n) is 3.00. The van der Waals surface area contributed by atoms with Crippen molar-refractivity contribution in [3.63, 3.8) is 0 Å². The van der Waals surface area contributed by atoms with Crippen molar-refractivity contribution in [2.75, 3.05) is 7.11 Å². The van der Waals surface area contributed by atoms with Crippen LogP contribution in [0.15, 0.2) is 46.9 Å². The van der Waals surface area contributed by atoms with Gasteiger partial charge in [-0.3, -0.25) is 0 Å². The van der Waals surface area contributed by atoms with Gasteiger partial charge in [0, 0.05) is 15.6 Å². The molecule has 0 saturated heterocycles. The molecule has 2 aromatic rings. The molecule has 0 aromatic heterocycles. The Hall–Kier alpha value is -1.66. The summed E-state index contributed by atoms with van der Waals surface area (Å²) in [6.07, 6.45) is 0. The topological polar surface area (TPSA) is 44.5 Å². The SMILES string of the molecule is COc1ccc(Br)cc1C(N)c1ccccc1OC(F)F. The van der Waals surface area contributed by atoms with Crippen molar-refractivity contribution >= 4 is 15.9 Å². The van der Waals surface area contributed by atoms with Crippen LogP contribution < -0.4 is 15.2 Å². The number of methoxy groups -OCH3 is 1. The molecule has 0 radical (unpaired) electrons. The summed E-state index contributed by atoms with van der Waals surface area (Å²) in [7, 11) is 1.53. The number of nitrogens with two attached hydrogens (primary N) is 1. The lowest BCUT2D eigenvalue weighted by Crippen LogP contribution is -2.15. The zero-order valence-corrected chi connectivity index (χ0v) is 12.8. The smallest absolute Gasteiger partial charge is 0.387 e. The minimum atomic E-state index is -2.90. The summed E-state index contributed by atoms with van der Waals surface area (Å²) >= 11 is 3.36. The molecule has 0 amide bonds. The summed E-state index contributed by atoms with van der Waals surface area (Å²) in [5.74, 6) is 0.638. The summed E-state index contributed by atoms with van der Waals surface area (Å²) in [4.78, 5) is 0. The van der Waals surface area contributed by atoms with Crippen molar-refractivity contribution in [2.24, 2.45) is 5.73 Å². The third-order valence-corrected chi connectivity index (χ3v) is 3.49. The molecule has 3 nitrogen and oxygen atoms in total. The van der Waals surface area contributed by atoms with Gasteiger partial charge in [-0.1, -0.05) is 34.1 Å². The Morgan fingerprint density at radius 3 is 2.43 bits per heavy atom. The van der Waals surface area contributed by atoms with Gasteiger partial charge in [0.1, 0.15) is 11.5 Å².